The van der Waals surface area contributed by atoms with E-state index in [0.717, 1.165) is 6.07 Å². The van der Waals surface area contributed by atoms with Crippen LogP contribution in [0.15, 0.2) is 0 Å². The molecular weight excluding hydrogens is 257 g/mol. The first kappa shape index (κ1) is 15.9. The molecule has 0 aliphatic rings. The molecule has 0 spiro atoms. The highest BCUT2D eigenvalue weighted by atomic mass is 32.2. The van der Waals surface area contributed by atoms with E-state index in [1.54, 1.807) is 0 Å². The molecule has 0 heterocycles. The molecule has 0 aromatic rings. The highest BCUT2D eigenvalue weighted by Crippen LogP contribution is 2.26. The summed E-state index contributed by atoms with van der Waals surface area (Å²) in [5.74, 6) is -4.22. The molecule has 2 unspecified atom stereocenters. The molecule has 0 aliphatic heterocycles. The number of amides is 1. The highest BCUT2D eigenvalue weighted by molar-refractivity contribution is 7.85. The topological polar surface area (TPSA) is 70.0 Å². The van der Waals surface area contributed by atoms with E-state index < -0.39 is 40.3 Å². The summed E-state index contributed by atoms with van der Waals surface area (Å²) in [7, 11) is -1.98. The van der Waals surface area contributed by atoms with Gasteiger partial charge in [-0.2, -0.15) is 18.4 Å². The van der Waals surface area contributed by atoms with Gasteiger partial charge in [0, 0.05) is 23.1 Å². The SMILES string of the molecule is CCCNC(=O)CS(=O)CC(C#N)C(F)(F)F. The first-order valence-electron chi connectivity index (χ1n) is 4.89. The average molecular weight is 270 g/mol. The maximum atomic E-state index is 12.2. The summed E-state index contributed by atoms with van der Waals surface area (Å²) in [6, 6.07) is 1.04. The van der Waals surface area contributed by atoms with Crippen LogP contribution in [0.1, 0.15) is 13.3 Å². The third-order valence-electron chi connectivity index (χ3n) is 1.77. The lowest BCUT2D eigenvalue weighted by Gasteiger charge is -2.12. The van der Waals surface area contributed by atoms with Crippen molar-refractivity contribution in [2.75, 3.05) is 18.1 Å². The van der Waals surface area contributed by atoms with Gasteiger partial charge in [-0.3, -0.25) is 9.00 Å². The zero-order valence-electron chi connectivity index (χ0n) is 9.21. The van der Waals surface area contributed by atoms with Crippen molar-refractivity contribution in [2.45, 2.75) is 19.5 Å². The minimum Gasteiger partial charge on any atom is -0.355 e. The molecule has 0 saturated carbocycles. The van der Waals surface area contributed by atoms with Gasteiger partial charge >= 0.3 is 6.18 Å². The van der Waals surface area contributed by atoms with Crippen LogP contribution >= 0.6 is 0 Å². The number of nitriles is 1. The van der Waals surface area contributed by atoms with Gasteiger partial charge in [0.15, 0.2) is 5.92 Å². The zero-order chi connectivity index (χ0) is 13.5. The van der Waals surface area contributed by atoms with Crippen molar-refractivity contribution in [2.24, 2.45) is 5.92 Å². The molecule has 17 heavy (non-hydrogen) atoms. The van der Waals surface area contributed by atoms with E-state index in [1.807, 2.05) is 6.92 Å². The minimum absolute atomic E-state index is 0.386. The third kappa shape index (κ3) is 6.94. The van der Waals surface area contributed by atoms with Crippen LogP contribution in [0.4, 0.5) is 13.2 Å². The van der Waals surface area contributed by atoms with Gasteiger partial charge < -0.3 is 5.32 Å². The Morgan fingerprint density at radius 1 is 1.53 bits per heavy atom. The number of alkyl halides is 3. The molecule has 0 aromatic carbocycles. The largest absolute Gasteiger partial charge is 0.405 e. The quantitative estimate of drug-likeness (QED) is 0.781. The monoisotopic (exact) mass is 270 g/mol. The van der Waals surface area contributed by atoms with E-state index in [0.29, 0.717) is 13.0 Å². The standard InChI is InChI=1S/C9H13F3N2O2S/c1-2-3-14-8(15)6-17(16)5-7(4-13)9(10,11)12/h7H,2-3,5-6H2,1H3,(H,14,15). The number of nitrogens with zero attached hydrogens (tertiary/aromatic N) is 1. The van der Waals surface area contributed by atoms with Crippen LogP contribution in [0.3, 0.4) is 0 Å². The molecule has 1 N–H and O–H groups in total. The van der Waals surface area contributed by atoms with Gasteiger partial charge in [0.2, 0.25) is 5.91 Å². The zero-order valence-corrected chi connectivity index (χ0v) is 10.0. The number of carbonyl (C=O) groups is 1. The molecule has 98 valence electrons. The molecule has 0 rings (SSSR count). The predicted octanol–water partition coefficient (Wildman–Crippen LogP) is 0.963. The van der Waals surface area contributed by atoms with Crippen molar-refractivity contribution in [1.82, 2.24) is 5.32 Å². The summed E-state index contributed by atoms with van der Waals surface area (Å²) in [6.07, 6.45) is -4.02. The smallest absolute Gasteiger partial charge is 0.355 e. The second kappa shape index (κ2) is 7.27. The Kier molecular flexibility index (Phi) is 6.80. The molecule has 0 fully saturated rings. The van der Waals surface area contributed by atoms with E-state index in [2.05, 4.69) is 5.32 Å². The molecular formula is C9H13F3N2O2S. The molecule has 0 aromatic heterocycles. The number of halogens is 3. The Hall–Kier alpha value is -1.10. The summed E-state index contributed by atoms with van der Waals surface area (Å²) in [5, 5.41) is 10.7. The number of rotatable bonds is 6. The van der Waals surface area contributed by atoms with E-state index in [-0.39, 0.29) is 0 Å². The highest BCUT2D eigenvalue weighted by Gasteiger charge is 2.41. The summed E-state index contributed by atoms with van der Waals surface area (Å²) in [4.78, 5) is 11.1. The Balaban J connectivity index is 4.18. The van der Waals surface area contributed by atoms with Gasteiger partial charge in [-0.1, -0.05) is 6.92 Å². The van der Waals surface area contributed by atoms with Crippen LogP contribution < -0.4 is 5.32 Å². The van der Waals surface area contributed by atoms with E-state index in [4.69, 9.17) is 5.26 Å². The fourth-order valence-corrected chi connectivity index (χ4v) is 2.06. The van der Waals surface area contributed by atoms with E-state index in [9.17, 15) is 22.2 Å². The molecule has 4 nitrogen and oxygen atoms in total. The van der Waals surface area contributed by atoms with Gasteiger partial charge in [0.05, 0.1) is 6.07 Å². The fourth-order valence-electron chi connectivity index (χ4n) is 0.911. The lowest BCUT2D eigenvalue weighted by molar-refractivity contribution is -0.153. The molecule has 0 bridgehead atoms. The van der Waals surface area contributed by atoms with Crippen molar-refractivity contribution >= 4 is 16.7 Å². The second-order valence-corrected chi connectivity index (χ2v) is 4.83. The van der Waals surface area contributed by atoms with Gasteiger partial charge in [0.25, 0.3) is 0 Å². The lowest BCUT2D eigenvalue weighted by Crippen LogP contribution is -2.33. The number of carbonyl (C=O) groups excluding carboxylic acids is 1. The normalized spacial score (nSPS) is 14.8. The van der Waals surface area contributed by atoms with Crippen molar-refractivity contribution < 1.29 is 22.2 Å². The van der Waals surface area contributed by atoms with Crippen LogP contribution in [0.25, 0.3) is 0 Å². The molecule has 2 atom stereocenters. The summed E-state index contributed by atoms with van der Waals surface area (Å²) < 4.78 is 47.7. The number of hydrogen-bond acceptors (Lipinski definition) is 3. The average Bonchev–Trinajstić information content (AvgIpc) is 2.21. The first-order valence-corrected chi connectivity index (χ1v) is 6.38. The van der Waals surface area contributed by atoms with Crippen LogP contribution in [0, 0.1) is 17.2 Å². The van der Waals surface area contributed by atoms with Crippen molar-refractivity contribution in [1.29, 1.82) is 5.26 Å². The van der Waals surface area contributed by atoms with Gasteiger partial charge in [-0.15, -0.1) is 0 Å². The van der Waals surface area contributed by atoms with E-state index >= 15 is 0 Å². The van der Waals surface area contributed by atoms with Crippen molar-refractivity contribution in [3.05, 3.63) is 0 Å². The summed E-state index contributed by atoms with van der Waals surface area (Å²) >= 11 is 0. The Bertz CT molecular complexity index is 325. The Morgan fingerprint density at radius 3 is 2.53 bits per heavy atom. The van der Waals surface area contributed by atoms with Gasteiger partial charge in [-0.25, -0.2) is 0 Å². The van der Waals surface area contributed by atoms with Crippen molar-refractivity contribution in [3.63, 3.8) is 0 Å². The van der Waals surface area contributed by atoms with Crippen LogP contribution in [-0.2, 0) is 15.6 Å². The Labute approximate surface area is 99.6 Å². The molecule has 0 saturated heterocycles. The minimum atomic E-state index is -4.70. The number of nitrogens with one attached hydrogen (secondary N) is 1. The second-order valence-electron chi connectivity index (χ2n) is 3.32. The fraction of sp³-hybridized carbons (Fsp3) is 0.778. The predicted molar refractivity (Wildman–Crippen MR) is 56.3 cm³/mol. The Morgan fingerprint density at radius 2 is 2.12 bits per heavy atom. The lowest BCUT2D eigenvalue weighted by atomic mass is 10.2. The summed E-state index contributed by atoms with van der Waals surface area (Å²) in [6.45, 7) is 2.20. The van der Waals surface area contributed by atoms with Crippen LogP contribution in [0.2, 0.25) is 0 Å². The van der Waals surface area contributed by atoms with Crippen LogP contribution in [0.5, 0.6) is 0 Å². The maximum Gasteiger partial charge on any atom is 0.405 e. The van der Waals surface area contributed by atoms with Crippen molar-refractivity contribution in [3.8, 4) is 6.07 Å². The van der Waals surface area contributed by atoms with Gasteiger partial charge in [0.1, 0.15) is 5.75 Å². The van der Waals surface area contributed by atoms with Gasteiger partial charge in [-0.05, 0) is 6.42 Å². The number of hydrogen-bond donors (Lipinski definition) is 1. The van der Waals surface area contributed by atoms with Crippen LogP contribution in [-0.4, -0.2) is 34.3 Å². The maximum absolute atomic E-state index is 12.2. The first-order chi connectivity index (χ1) is 7.81. The molecule has 0 radical (unpaired) electrons. The summed E-state index contributed by atoms with van der Waals surface area (Å²) in [5.41, 5.74) is 0. The molecule has 8 heteroatoms. The third-order valence-corrected chi connectivity index (χ3v) is 3.06. The van der Waals surface area contributed by atoms with E-state index in [1.165, 1.54) is 0 Å². The molecule has 1 amide bonds. The molecule has 0 aliphatic carbocycles.